The molecule has 0 saturated carbocycles. The van der Waals surface area contributed by atoms with Gasteiger partial charge in [0.25, 0.3) is 0 Å². The van der Waals surface area contributed by atoms with Crippen LogP contribution >= 0.6 is 0 Å². The van der Waals surface area contributed by atoms with Crippen LogP contribution in [0.25, 0.3) is 0 Å². The first-order valence-corrected chi connectivity index (χ1v) is 5.58. The zero-order valence-electron chi connectivity index (χ0n) is 8.83. The standard InChI is InChI=1S/C11H22O2/c1-3-9-8-10(4-2)13-11(9)6-5-7-12/h9-12H,3-8H2,1-2H3. The molecule has 0 aromatic carbocycles. The molecule has 1 aliphatic rings. The molecule has 0 spiro atoms. The van der Waals surface area contributed by atoms with Gasteiger partial charge in [-0.05, 0) is 31.6 Å². The highest BCUT2D eigenvalue weighted by Gasteiger charge is 2.32. The molecule has 0 aromatic heterocycles. The Kier molecular flexibility index (Phi) is 4.74. The average Bonchev–Trinajstić information content (AvgIpc) is 2.57. The van der Waals surface area contributed by atoms with E-state index >= 15 is 0 Å². The van der Waals surface area contributed by atoms with Gasteiger partial charge in [-0.1, -0.05) is 20.3 Å². The first kappa shape index (κ1) is 11.0. The number of hydrogen-bond donors (Lipinski definition) is 1. The van der Waals surface area contributed by atoms with E-state index in [9.17, 15) is 0 Å². The molecule has 0 aromatic rings. The van der Waals surface area contributed by atoms with Gasteiger partial charge in [0.1, 0.15) is 0 Å². The van der Waals surface area contributed by atoms with Crippen LogP contribution < -0.4 is 0 Å². The van der Waals surface area contributed by atoms with Gasteiger partial charge in [0, 0.05) is 6.61 Å². The number of rotatable bonds is 5. The van der Waals surface area contributed by atoms with Gasteiger partial charge in [-0.25, -0.2) is 0 Å². The van der Waals surface area contributed by atoms with Crippen LogP contribution in [0.15, 0.2) is 0 Å². The molecule has 78 valence electrons. The maximum atomic E-state index is 8.75. The van der Waals surface area contributed by atoms with Gasteiger partial charge in [-0.15, -0.1) is 0 Å². The minimum absolute atomic E-state index is 0.299. The van der Waals surface area contributed by atoms with Crippen molar-refractivity contribution in [3.63, 3.8) is 0 Å². The normalized spacial score (nSPS) is 33.9. The zero-order chi connectivity index (χ0) is 9.68. The van der Waals surface area contributed by atoms with Gasteiger partial charge >= 0.3 is 0 Å². The van der Waals surface area contributed by atoms with Crippen molar-refractivity contribution in [2.24, 2.45) is 5.92 Å². The smallest absolute Gasteiger partial charge is 0.0608 e. The fourth-order valence-corrected chi connectivity index (χ4v) is 2.19. The van der Waals surface area contributed by atoms with Crippen LogP contribution in [0.1, 0.15) is 46.0 Å². The van der Waals surface area contributed by atoms with Crippen LogP contribution in [0.5, 0.6) is 0 Å². The molecule has 1 rings (SSSR count). The number of aliphatic hydroxyl groups excluding tert-OH is 1. The van der Waals surface area contributed by atoms with Crippen molar-refractivity contribution in [2.75, 3.05) is 6.61 Å². The van der Waals surface area contributed by atoms with Crippen LogP contribution in [0.2, 0.25) is 0 Å². The van der Waals surface area contributed by atoms with Crippen LogP contribution in [0.3, 0.4) is 0 Å². The Balaban J connectivity index is 2.33. The van der Waals surface area contributed by atoms with Crippen molar-refractivity contribution in [2.45, 2.75) is 58.2 Å². The third kappa shape index (κ3) is 2.96. The summed E-state index contributed by atoms with van der Waals surface area (Å²) in [7, 11) is 0. The molecule has 1 N–H and O–H groups in total. The lowest BCUT2D eigenvalue weighted by molar-refractivity contribution is 0.0238. The fraction of sp³-hybridized carbons (Fsp3) is 1.00. The maximum Gasteiger partial charge on any atom is 0.0608 e. The number of aliphatic hydroxyl groups is 1. The van der Waals surface area contributed by atoms with Crippen molar-refractivity contribution >= 4 is 0 Å². The highest BCUT2D eigenvalue weighted by molar-refractivity contribution is 4.80. The molecule has 1 aliphatic heterocycles. The van der Waals surface area contributed by atoms with Crippen LogP contribution in [-0.4, -0.2) is 23.9 Å². The Bertz CT molecular complexity index is 136. The van der Waals surface area contributed by atoms with Gasteiger partial charge in [0.2, 0.25) is 0 Å². The van der Waals surface area contributed by atoms with E-state index in [1.54, 1.807) is 0 Å². The van der Waals surface area contributed by atoms with Crippen molar-refractivity contribution in [1.29, 1.82) is 0 Å². The minimum atomic E-state index is 0.299. The molecule has 1 saturated heterocycles. The Morgan fingerprint density at radius 1 is 1.31 bits per heavy atom. The Hall–Kier alpha value is -0.0800. The summed E-state index contributed by atoms with van der Waals surface area (Å²) in [6.07, 6.45) is 6.39. The second kappa shape index (κ2) is 5.61. The second-order valence-electron chi connectivity index (χ2n) is 3.97. The molecule has 0 amide bonds. The van der Waals surface area contributed by atoms with E-state index in [1.165, 1.54) is 12.8 Å². The van der Waals surface area contributed by atoms with Crippen LogP contribution in [0.4, 0.5) is 0 Å². The Labute approximate surface area is 81.3 Å². The molecule has 3 unspecified atom stereocenters. The predicted molar refractivity (Wildman–Crippen MR) is 53.7 cm³/mol. The quantitative estimate of drug-likeness (QED) is 0.714. The van der Waals surface area contributed by atoms with E-state index in [4.69, 9.17) is 9.84 Å². The molecule has 0 radical (unpaired) electrons. The monoisotopic (exact) mass is 186 g/mol. The van der Waals surface area contributed by atoms with Crippen molar-refractivity contribution in [1.82, 2.24) is 0 Å². The van der Waals surface area contributed by atoms with E-state index in [0.717, 1.165) is 25.2 Å². The molecule has 0 aliphatic carbocycles. The van der Waals surface area contributed by atoms with Crippen LogP contribution in [0, 0.1) is 5.92 Å². The SMILES string of the molecule is CCC1CC(CC)C(CCCO)O1. The molecular formula is C11H22O2. The summed E-state index contributed by atoms with van der Waals surface area (Å²) in [5, 5.41) is 8.75. The summed E-state index contributed by atoms with van der Waals surface area (Å²) >= 11 is 0. The Morgan fingerprint density at radius 2 is 2.08 bits per heavy atom. The van der Waals surface area contributed by atoms with E-state index in [-0.39, 0.29) is 0 Å². The molecule has 13 heavy (non-hydrogen) atoms. The molecule has 2 heteroatoms. The second-order valence-corrected chi connectivity index (χ2v) is 3.97. The average molecular weight is 186 g/mol. The highest BCUT2D eigenvalue weighted by Crippen LogP contribution is 2.32. The van der Waals surface area contributed by atoms with E-state index in [0.29, 0.717) is 18.8 Å². The summed E-state index contributed by atoms with van der Waals surface area (Å²) < 4.78 is 5.91. The minimum Gasteiger partial charge on any atom is -0.396 e. The lowest BCUT2D eigenvalue weighted by Gasteiger charge is -2.16. The molecule has 3 atom stereocenters. The predicted octanol–water partition coefficient (Wildman–Crippen LogP) is 2.35. The lowest BCUT2D eigenvalue weighted by atomic mass is 9.93. The molecule has 0 bridgehead atoms. The van der Waals surface area contributed by atoms with E-state index < -0.39 is 0 Å². The molecule has 2 nitrogen and oxygen atoms in total. The van der Waals surface area contributed by atoms with Crippen molar-refractivity contribution in [3.8, 4) is 0 Å². The van der Waals surface area contributed by atoms with Gasteiger partial charge in [0.15, 0.2) is 0 Å². The number of hydrogen-bond acceptors (Lipinski definition) is 2. The van der Waals surface area contributed by atoms with Gasteiger partial charge < -0.3 is 9.84 Å². The summed E-state index contributed by atoms with van der Waals surface area (Å²) in [6, 6.07) is 0. The van der Waals surface area contributed by atoms with E-state index in [2.05, 4.69) is 13.8 Å². The van der Waals surface area contributed by atoms with Crippen molar-refractivity contribution < 1.29 is 9.84 Å². The Morgan fingerprint density at radius 3 is 2.62 bits per heavy atom. The fourth-order valence-electron chi connectivity index (χ4n) is 2.19. The molecule has 1 fully saturated rings. The summed E-state index contributed by atoms with van der Waals surface area (Å²) in [5.74, 6) is 0.733. The summed E-state index contributed by atoms with van der Waals surface area (Å²) in [4.78, 5) is 0. The first-order valence-electron chi connectivity index (χ1n) is 5.58. The maximum absolute atomic E-state index is 8.75. The van der Waals surface area contributed by atoms with Gasteiger partial charge in [0.05, 0.1) is 12.2 Å². The summed E-state index contributed by atoms with van der Waals surface area (Å²) in [5.41, 5.74) is 0. The topological polar surface area (TPSA) is 29.5 Å². The molecule has 1 heterocycles. The van der Waals surface area contributed by atoms with Gasteiger partial charge in [-0.2, -0.15) is 0 Å². The molecular weight excluding hydrogens is 164 g/mol. The first-order chi connectivity index (χ1) is 6.31. The van der Waals surface area contributed by atoms with Crippen molar-refractivity contribution in [3.05, 3.63) is 0 Å². The van der Waals surface area contributed by atoms with Crippen LogP contribution in [-0.2, 0) is 4.74 Å². The zero-order valence-corrected chi connectivity index (χ0v) is 8.83. The lowest BCUT2D eigenvalue weighted by Crippen LogP contribution is -2.16. The third-order valence-electron chi connectivity index (χ3n) is 3.09. The largest absolute Gasteiger partial charge is 0.396 e. The third-order valence-corrected chi connectivity index (χ3v) is 3.09. The summed E-state index contributed by atoms with van der Waals surface area (Å²) in [6.45, 7) is 4.72. The van der Waals surface area contributed by atoms with E-state index in [1.807, 2.05) is 0 Å². The number of ether oxygens (including phenoxy) is 1. The van der Waals surface area contributed by atoms with Gasteiger partial charge in [-0.3, -0.25) is 0 Å². The highest BCUT2D eigenvalue weighted by atomic mass is 16.5.